The highest BCUT2D eigenvalue weighted by atomic mass is 35.5. The van der Waals surface area contributed by atoms with Crippen LogP contribution in [-0.2, 0) is 4.79 Å². The Balaban J connectivity index is 0.00000272. The van der Waals surface area contributed by atoms with Crippen molar-refractivity contribution >= 4 is 52.7 Å². The number of hydrogen-bond donors (Lipinski definition) is 3. The quantitative estimate of drug-likeness (QED) is 0.391. The zero-order valence-electron chi connectivity index (χ0n) is 16.8. The van der Waals surface area contributed by atoms with E-state index in [9.17, 15) is 9.59 Å². The first-order valence-electron chi connectivity index (χ1n) is 9.96. The van der Waals surface area contributed by atoms with Gasteiger partial charge in [0.05, 0.1) is 11.7 Å². The average Bonchev–Trinajstić information content (AvgIpc) is 3.17. The first-order valence-corrected chi connectivity index (χ1v) is 10.3. The predicted molar refractivity (Wildman–Crippen MR) is 125 cm³/mol. The second-order valence-electron chi connectivity index (χ2n) is 7.70. The molecule has 1 aliphatic carbocycles. The number of nitrogens with one attached hydrogen (secondary N) is 2. The van der Waals surface area contributed by atoms with Crippen molar-refractivity contribution in [3.8, 4) is 0 Å². The Morgan fingerprint density at radius 2 is 1.97 bits per heavy atom. The van der Waals surface area contributed by atoms with Gasteiger partial charge < -0.3 is 16.0 Å². The lowest BCUT2D eigenvalue weighted by Gasteiger charge is -2.39. The van der Waals surface area contributed by atoms with E-state index in [4.69, 9.17) is 17.3 Å². The number of H-pyrrole nitrogens is 1. The van der Waals surface area contributed by atoms with Gasteiger partial charge in [0, 0.05) is 34.4 Å². The third-order valence-electron chi connectivity index (χ3n) is 5.65. The largest absolute Gasteiger partial charge is 0.352 e. The molecule has 0 bridgehead atoms. The van der Waals surface area contributed by atoms with Gasteiger partial charge in [0.1, 0.15) is 5.54 Å². The molecule has 1 amide bonds. The molecule has 1 fully saturated rings. The molecule has 8 heteroatoms. The third kappa shape index (κ3) is 4.98. The van der Waals surface area contributed by atoms with Crippen molar-refractivity contribution < 1.29 is 9.59 Å². The van der Waals surface area contributed by atoms with Crippen LogP contribution < -0.4 is 11.1 Å². The number of benzene rings is 1. The van der Waals surface area contributed by atoms with Crippen LogP contribution in [0.2, 0.25) is 5.02 Å². The van der Waals surface area contributed by atoms with Crippen molar-refractivity contribution in [1.82, 2.24) is 15.3 Å². The average molecular weight is 459 g/mol. The second kappa shape index (κ2) is 9.64. The highest BCUT2D eigenvalue weighted by molar-refractivity contribution is 6.31. The molecule has 4 rings (SSSR count). The Hall–Kier alpha value is -2.67. The van der Waals surface area contributed by atoms with Crippen LogP contribution in [0.15, 0.2) is 54.9 Å². The number of ketones is 1. The predicted octanol–water partition coefficient (Wildman–Crippen LogP) is 4.29. The summed E-state index contributed by atoms with van der Waals surface area (Å²) in [6.07, 6.45) is 9.41. The third-order valence-corrected chi connectivity index (χ3v) is 5.89. The Kier molecular flexibility index (Phi) is 7.15. The van der Waals surface area contributed by atoms with Crippen molar-refractivity contribution in [2.24, 2.45) is 5.73 Å². The summed E-state index contributed by atoms with van der Waals surface area (Å²) in [6.45, 7) is 0. The van der Waals surface area contributed by atoms with Gasteiger partial charge in [0.25, 0.3) is 0 Å². The lowest BCUT2D eigenvalue weighted by Crippen LogP contribution is -2.64. The molecule has 0 spiro atoms. The van der Waals surface area contributed by atoms with Crippen LogP contribution in [0.1, 0.15) is 41.7 Å². The Morgan fingerprint density at radius 3 is 2.74 bits per heavy atom. The minimum absolute atomic E-state index is 0. The number of carbonyl (C=O) groups is 2. The number of carbonyl (C=O) groups excluding carboxylic acids is 2. The first kappa shape index (κ1) is 23.0. The van der Waals surface area contributed by atoms with E-state index < -0.39 is 11.6 Å². The van der Waals surface area contributed by atoms with Crippen LogP contribution in [0.4, 0.5) is 0 Å². The van der Waals surface area contributed by atoms with Crippen LogP contribution >= 0.6 is 24.0 Å². The molecular weight excluding hydrogens is 435 g/mol. The van der Waals surface area contributed by atoms with Crippen molar-refractivity contribution in [2.45, 2.75) is 37.3 Å². The summed E-state index contributed by atoms with van der Waals surface area (Å²) in [6, 6.07) is 10.4. The number of fused-ring (bicyclic) bond motifs is 1. The molecule has 2 unspecified atom stereocenters. The molecule has 2 atom stereocenters. The molecule has 6 nitrogen and oxygen atoms in total. The van der Waals surface area contributed by atoms with Crippen LogP contribution in [-0.4, -0.2) is 33.2 Å². The number of rotatable bonds is 5. The van der Waals surface area contributed by atoms with Gasteiger partial charge in [-0.1, -0.05) is 24.4 Å². The van der Waals surface area contributed by atoms with Crippen LogP contribution in [0, 0.1) is 0 Å². The van der Waals surface area contributed by atoms with E-state index in [2.05, 4.69) is 15.3 Å². The Labute approximate surface area is 191 Å². The van der Waals surface area contributed by atoms with Gasteiger partial charge in [-0.25, -0.2) is 0 Å². The number of amides is 1. The molecule has 0 radical (unpaired) electrons. The molecule has 2 heterocycles. The molecule has 1 aliphatic rings. The molecule has 0 saturated heterocycles. The molecule has 3 aromatic rings. The van der Waals surface area contributed by atoms with E-state index in [-0.39, 0.29) is 24.1 Å². The maximum absolute atomic E-state index is 13.4. The molecule has 0 aliphatic heterocycles. The number of nitrogens with two attached hydrogens (primary N) is 1. The highest BCUT2D eigenvalue weighted by Gasteiger charge is 2.45. The summed E-state index contributed by atoms with van der Waals surface area (Å²) < 4.78 is 0. The van der Waals surface area contributed by atoms with Gasteiger partial charge in [-0.3, -0.25) is 14.6 Å². The van der Waals surface area contributed by atoms with Gasteiger partial charge in [0.2, 0.25) is 11.7 Å². The van der Waals surface area contributed by atoms with Gasteiger partial charge in [0.15, 0.2) is 0 Å². The van der Waals surface area contributed by atoms with Crippen molar-refractivity contribution in [3.05, 3.63) is 71.1 Å². The summed E-state index contributed by atoms with van der Waals surface area (Å²) in [7, 11) is 0. The van der Waals surface area contributed by atoms with E-state index in [1.807, 2.05) is 18.2 Å². The molecule has 162 valence electrons. The topological polar surface area (TPSA) is 101 Å². The summed E-state index contributed by atoms with van der Waals surface area (Å²) in [5, 5.41) is 4.41. The first-order chi connectivity index (χ1) is 14.5. The number of aromatic nitrogens is 2. The fraction of sp³-hybridized carbons (Fsp3) is 0.261. The van der Waals surface area contributed by atoms with Gasteiger partial charge in [-0.05, 0) is 60.9 Å². The lowest BCUT2D eigenvalue weighted by atomic mass is 9.74. The number of pyridine rings is 1. The van der Waals surface area contributed by atoms with Crippen molar-refractivity contribution in [1.29, 1.82) is 0 Å². The number of Topliss-reactive ketones (excluding diaryl/α,β-unsaturated/α-hetero) is 1. The minimum atomic E-state index is -1.16. The molecule has 1 saturated carbocycles. The maximum atomic E-state index is 13.4. The summed E-state index contributed by atoms with van der Waals surface area (Å²) >= 11 is 6.06. The molecular formula is C23H24Cl2N4O2. The van der Waals surface area contributed by atoms with Crippen LogP contribution in [0.5, 0.6) is 0 Å². The van der Waals surface area contributed by atoms with E-state index in [1.54, 1.807) is 36.7 Å². The number of halogens is 2. The van der Waals surface area contributed by atoms with Crippen LogP contribution in [0.25, 0.3) is 17.0 Å². The van der Waals surface area contributed by atoms with Gasteiger partial charge in [-0.15, -0.1) is 12.4 Å². The standard InChI is InChI=1S/C23H23ClN4O2.ClH/c24-17-5-6-18-16(13-17)14-19(27-18)22(30)23(25)10-2-1-3-20(23)28-21(29)7-4-15-8-11-26-12-9-15;/h4-9,11-14,20,27H,1-3,10,25H2,(H,28,29);1H/b7-4+;. The SMILES string of the molecule is Cl.NC1(C(=O)c2cc3cc(Cl)ccc3[nH]2)CCCCC1NC(=O)/C=C/c1ccncc1. The molecule has 2 aromatic heterocycles. The van der Waals surface area contributed by atoms with Gasteiger partial charge >= 0.3 is 0 Å². The van der Waals surface area contributed by atoms with E-state index in [0.717, 1.165) is 29.3 Å². The van der Waals surface area contributed by atoms with E-state index >= 15 is 0 Å². The summed E-state index contributed by atoms with van der Waals surface area (Å²) in [5.41, 5.74) is 7.61. The number of aromatic amines is 1. The maximum Gasteiger partial charge on any atom is 0.244 e. The normalized spacial score (nSPS) is 21.0. The van der Waals surface area contributed by atoms with Crippen molar-refractivity contribution in [3.63, 3.8) is 0 Å². The Morgan fingerprint density at radius 1 is 1.19 bits per heavy atom. The van der Waals surface area contributed by atoms with Crippen LogP contribution in [0.3, 0.4) is 0 Å². The molecule has 1 aromatic carbocycles. The fourth-order valence-corrected chi connectivity index (χ4v) is 4.19. The zero-order valence-corrected chi connectivity index (χ0v) is 18.4. The lowest BCUT2D eigenvalue weighted by molar-refractivity contribution is -0.117. The van der Waals surface area contributed by atoms with Crippen molar-refractivity contribution in [2.75, 3.05) is 0 Å². The molecule has 31 heavy (non-hydrogen) atoms. The highest BCUT2D eigenvalue weighted by Crippen LogP contribution is 2.31. The van der Waals surface area contributed by atoms with E-state index in [0.29, 0.717) is 23.6 Å². The summed E-state index contributed by atoms with van der Waals surface area (Å²) in [5.74, 6) is -0.470. The van der Waals surface area contributed by atoms with Gasteiger partial charge in [-0.2, -0.15) is 0 Å². The smallest absolute Gasteiger partial charge is 0.244 e. The monoisotopic (exact) mass is 458 g/mol. The molecule has 4 N–H and O–H groups in total. The second-order valence-corrected chi connectivity index (χ2v) is 8.14. The Bertz CT molecular complexity index is 1110. The fourth-order valence-electron chi connectivity index (χ4n) is 4.01. The van der Waals surface area contributed by atoms with E-state index in [1.165, 1.54) is 6.08 Å². The number of nitrogens with zero attached hydrogens (tertiary/aromatic N) is 1. The zero-order chi connectivity index (χ0) is 21.1. The minimum Gasteiger partial charge on any atom is -0.352 e. The number of hydrogen-bond acceptors (Lipinski definition) is 4. The summed E-state index contributed by atoms with van der Waals surface area (Å²) in [4.78, 5) is 33.0.